The zero-order chi connectivity index (χ0) is 46.4. The number of aryl methyl sites for hydroxylation is 6. The summed E-state index contributed by atoms with van der Waals surface area (Å²) in [6, 6.07) is 24.6. The summed E-state index contributed by atoms with van der Waals surface area (Å²) < 4.78 is 133. The number of benzene rings is 4. The second kappa shape index (κ2) is 19.9. The average Bonchev–Trinajstić information content (AvgIpc) is 3.72. The molecular formula is C49H50F8N2O5. The third-order valence-electron chi connectivity index (χ3n) is 11.1. The van der Waals surface area contributed by atoms with Crippen LogP contribution in [0.3, 0.4) is 0 Å². The molecule has 0 spiro atoms. The normalized spacial score (nSPS) is 12.4. The second-order valence-electron chi connectivity index (χ2n) is 16.1. The number of rotatable bonds is 20. The Morgan fingerprint density at radius 3 is 1.53 bits per heavy atom. The number of ether oxygens (including phenoxy) is 4. The number of aromatic nitrogens is 2. The molecule has 0 aliphatic carbocycles. The van der Waals surface area contributed by atoms with Crippen molar-refractivity contribution in [1.29, 1.82) is 0 Å². The summed E-state index contributed by atoms with van der Waals surface area (Å²) in [7, 11) is 3.55. The summed E-state index contributed by atoms with van der Waals surface area (Å²) in [4.78, 5) is 11.2. The minimum absolute atomic E-state index is 0.00238. The fourth-order valence-electron chi connectivity index (χ4n) is 7.96. The number of alkyl halides is 8. The van der Waals surface area contributed by atoms with E-state index in [1.165, 1.54) is 12.1 Å². The van der Waals surface area contributed by atoms with E-state index in [-0.39, 0.29) is 43.7 Å². The van der Waals surface area contributed by atoms with E-state index in [2.05, 4.69) is 16.1 Å². The maximum atomic E-state index is 14.7. The molecule has 342 valence electrons. The molecule has 0 N–H and O–H groups in total. The van der Waals surface area contributed by atoms with Gasteiger partial charge in [-0.15, -0.1) is 26.3 Å². The summed E-state index contributed by atoms with van der Waals surface area (Å²) in [6.45, 7) is 6.60. The van der Waals surface area contributed by atoms with Gasteiger partial charge in [-0.25, -0.2) is 13.6 Å². The van der Waals surface area contributed by atoms with Gasteiger partial charge in [0, 0.05) is 72.6 Å². The second-order valence-corrected chi connectivity index (χ2v) is 16.1. The van der Waals surface area contributed by atoms with Gasteiger partial charge in [0.05, 0.1) is 24.1 Å². The first-order valence-electron chi connectivity index (χ1n) is 20.9. The SMILES string of the molecule is C=CC(=O)OCCCC(F)(F)CCCOC(CCc1ccc2c(c1)cc(-c1ccc(C)cc1OC(F)(F)F)n2C)CCc1ccc2c(c1)cc(-c1ccc(C)cc1OC(F)(F)F)n2C. The van der Waals surface area contributed by atoms with Gasteiger partial charge in [-0.2, -0.15) is 0 Å². The number of esters is 1. The van der Waals surface area contributed by atoms with Gasteiger partial charge in [-0.1, -0.05) is 30.8 Å². The van der Waals surface area contributed by atoms with Crippen LogP contribution in [0.5, 0.6) is 11.5 Å². The Hall–Kier alpha value is -5.83. The number of nitrogens with zero attached hydrogens (tertiary/aromatic N) is 2. The minimum atomic E-state index is -4.87. The van der Waals surface area contributed by atoms with Crippen LogP contribution < -0.4 is 9.47 Å². The number of hydrogen-bond acceptors (Lipinski definition) is 5. The van der Waals surface area contributed by atoms with E-state index in [0.717, 1.165) is 39.0 Å². The van der Waals surface area contributed by atoms with Crippen molar-refractivity contribution in [3.8, 4) is 34.0 Å². The van der Waals surface area contributed by atoms with Crippen LogP contribution in [0.2, 0.25) is 0 Å². The first-order valence-corrected chi connectivity index (χ1v) is 20.9. The Bertz CT molecular complexity index is 2440. The largest absolute Gasteiger partial charge is 0.573 e. The molecule has 0 saturated carbocycles. The van der Waals surface area contributed by atoms with Crippen LogP contribution in [0.4, 0.5) is 35.1 Å². The van der Waals surface area contributed by atoms with Crippen LogP contribution in [-0.4, -0.2) is 53.1 Å². The molecule has 6 aromatic rings. The lowest BCUT2D eigenvalue weighted by atomic mass is 9.99. The van der Waals surface area contributed by atoms with Crippen LogP contribution in [0.15, 0.2) is 97.6 Å². The summed E-state index contributed by atoms with van der Waals surface area (Å²) in [5.74, 6) is -4.25. The number of hydrogen-bond donors (Lipinski definition) is 0. The Labute approximate surface area is 366 Å². The van der Waals surface area contributed by atoms with Gasteiger partial charge in [0.2, 0.25) is 5.92 Å². The minimum Gasteiger partial charge on any atom is -0.463 e. The first-order chi connectivity index (χ1) is 30.2. The van der Waals surface area contributed by atoms with E-state index in [9.17, 15) is 39.9 Å². The van der Waals surface area contributed by atoms with Gasteiger partial charge in [-0.05, 0) is 135 Å². The predicted octanol–water partition coefficient (Wildman–Crippen LogP) is 13.3. The van der Waals surface area contributed by atoms with Crippen LogP contribution in [0.1, 0.15) is 60.8 Å². The van der Waals surface area contributed by atoms with Crippen molar-refractivity contribution in [3.63, 3.8) is 0 Å². The Kier molecular flexibility index (Phi) is 14.8. The molecule has 2 heterocycles. The molecule has 2 aromatic heterocycles. The highest BCUT2D eigenvalue weighted by molar-refractivity contribution is 5.90. The molecule has 0 saturated heterocycles. The molecule has 4 aromatic carbocycles. The molecular weight excluding hydrogens is 849 g/mol. The number of carbonyl (C=O) groups is 1. The van der Waals surface area contributed by atoms with Gasteiger partial charge in [0.1, 0.15) is 11.5 Å². The first kappa shape index (κ1) is 47.6. The van der Waals surface area contributed by atoms with Crippen molar-refractivity contribution in [1.82, 2.24) is 9.13 Å². The van der Waals surface area contributed by atoms with Crippen LogP contribution in [0.25, 0.3) is 44.3 Å². The summed E-state index contributed by atoms with van der Waals surface area (Å²) in [6.07, 6.45) is -7.72. The van der Waals surface area contributed by atoms with Crippen LogP contribution >= 0.6 is 0 Å². The van der Waals surface area contributed by atoms with E-state index in [4.69, 9.17) is 9.47 Å². The van der Waals surface area contributed by atoms with E-state index in [0.29, 0.717) is 59.3 Å². The zero-order valence-electron chi connectivity index (χ0n) is 36.0. The Morgan fingerprint density at radius 1 is 0.641 bits per heavy atom. The monoisotopic (exact) mass is 898 g/mol. The van der Waals surface area contributed by atoms with Gasteiger partial charge in [0.15, 0.2) is 0 Å². The molecule has 64 heavy (non-hydrogen) atoms. The topological polar surface area (TPSA) is 63.9 Å². The molecule has 0 radical (unpaired) electrons. The zero-order valence-corrected chi connectivity index (χ0v) is 36.0. The third-order valence-corrected chi connectivity index (χ3v) is 11.1. The fourth-order valence-corrected chi connectivity index (χ4v) is 7.96. The van der Waals surface area contributed by atoms with Gasteiger partial charge >= 0.3 is 18.7 Å². The molecule has 0 fully saturated rings. The molecule has 6 rings (SSSR count). The quantitative estimate of drug-likeness (QED) is 0.0331. The van der Waals surface area contributed by atoms with E-state index in [1.54, 1.807) is 52.2 Å². The van der Waals surface area contributed by atoms with Crippen molar-refractivity contribution < 1.29 is 58.9 Å². The maximum Gasteiger partial charge on any atom is 0.573 e. The molecule has 0 bridgehead atoms. The predicted molar refractivity (Wildman–Crippen MR) is 231 cm³/mol. The Morgan fingerprint density at radius 2 is 1.09 bits per heavy atom. The lowest BCUT2D eigenvalue weighted by Gasteiger charge is -2.20. The molecule has 0 amide bonds. The lowest BCUT2D eigenvalue weighted by Crippen LogP contribution is -2.20. The molecule has 0 atom stereocenters. The molecule has 0 unspecified atom stereocenters. The van der Waals surface area contributed by atoms with Gasteiger partial charge in [0.25, 0.3) is 0 Å². The fraction of sp³-hybridized carbons (Fsp3) is 0.367. The molecule has 7 nitrogen and oxygen atoms in total. The molecule has 15 heteroatoms. The highest BCUT2D eigenvalue weighted by Gasteiger charge is 2.34. The third kappa shape index (κ3) is 12.7. The summed E-state index contributed by atoms with van der Waals surface area (Å²) in [5.41, 5.74) is 6.38. The Balaban J connectivity index is 1.18. The van der Waals surface area contributed by atoms with Crippen molar-refractivity contribution in [2.45, 2.75) is 90.0 Å². The molecule has 0 aliphatic rings. The number of fused-ring (bicyclic) bond motifs is 2. The number of carbonyl (C=O) groups excluding carboxylic acids is 1. The van der Waals surface area contributed by atoms with Crippen LogP contribution in [0, 0.1) is 13.8 Å². The highest BCUT2D eigenvalue weighted by Crippen LogP contribution is 2.39. The van der Waals surface area contributed by atoms with E-state index in [1.807, 2.05) is 57.7 Å². The smallest absolute Gasteiger partial charge is 0.463 e. The van der Waals surface area contributed by atoms with Gasteiger partial charge < -0.3 is 28.1 Å². The highest BCUT2D eigenvalue weighted by atomic mass is 19.4. The van der Waals surface area contributed by atoms with E-state index >= 15 is 0 Å². The van der Waals surface area contributed by atoms with Crippen molar-refractivity contribution in [2.75, 3.05) is 13.2 Å². The van der Waals surface area contributed by atoms with E-state index < -0.39 is 37.5 Å². The van der Waals surface area contributed by atoms with Crippen LogP contribution in [-0.2, 0) is 41.2 Å². The maximum absolute atomic E-state index is 14.7. The number of halogens is 8. The average molecular weight is 899 g/mol. The lowest BCUT2D eigenvalue weighted by molar-refractivity contribution is -0.275. The summed E-state index contributed by atoms with van der Waals surface area (Å²) >= 11 is 0. The van der Waals surface area contributed by atoms with Crippen molar-refractivity contribution in [2.24, 2.45) is 14.1 Å². The standard InChI is InChI=1S/C49H50F8N2O5/c1-6-46(60)62-24-8-22-47(50,51)21-7-23-61-37(15-11-33-13-19-40-35(27-33)29-42(58(40)4)38-17-9-31(2)25-44(38)63-48(52,53)54)16-12-34-14-20-41-36(28-34)30-43(59(41)5)39-18-10-32(3)26-45(39)64-49(55,56)57/h6,9-10,13-14,17-20,25-30,37H,1,7-8,11-12,15-16,21-24H2,2-5H3. The molecule has 0 aliphatic heterocycles. The van der Waals surface area contributed by atoms with Crippen molar-refractivity contribution in [3.05, 3.63) is 120 Å². The summed E-state index contributed by atoms with van der Waals surface area (Å²) in [5, 5.41) is 1.62. The van der Waals surface area contributed by atoms with Gasteiger partial charge in [-0.3, -0.25) is 0 Å². The van der Waals surface area contributed by atoms with Crippen molar-refractivity contribution >= 4 is 27.8 Å².